The van der Waals surface area contributed by atoms with Crippen molar-refractivity contribution < 1.29 is 47.8 Å². The molecule has 0 unspecified atom stereocenters. The lowest BCUT2D eigenvalue weighted by atomic mass is 9.97. The molecule has 4 aliphatic heterocycles. The minimum Gasteiger partial charge on any atom is -0.467 e. The van der Waals surface area contributed by atoms with Gasteiger partial charge in [-0.05, 0) is 11.1 Å². The molecule has 0 aromatic heterocycles. The number of carbonyl (C=O) groups excluding carboxylic acids is 1. The average molecular weight is 515 g/mol. The second kappa shape index (κ2) is 10.8. The van der Waals surface area contributed by atoms with Gasteiger partial charge in [0.1, 0.15) is 42.7 Å². The number of aliphatic hydroxyl groups excluding tert-OH is 1. The van der Waals surface area contributed by atoms with Gasteiger partial charge in [0, 0.05) is 0 Å². The van der Waals surface area contributed by atoms with E-state index in [0.29, 0.717) is 6.61 Å². The van der Waals surface area contributed by atoms with Gasteiger partial charge in [-0.15, -0.1) is 0 Å². The minimum atomic E-state index is -1.36. The topological polar surface area (TPSA) is 114 Å². The van der Waals surface area contributed by atoms with Crippen LogP contribution in [0.3, 0.4) is 0 Å². The lowest BCUT2D eigenvalue weighted by Gasteiger charge is -2.44. The molecule has 2 aromatic carbocycles. The van der Waals surface area contributed by atoms with Crippen LogP contribution in [-0.2, 0) is 55.9 Å². The number of rotatable bonds is 9. The van der Waals surface area contributed by atoms with Crippen LogP contribution in [0.2, 0.25) is 0 Å². The maximum absolute atomic E-state index is 12.6. The van der Waals surface area contributed by atoms with Gasteiger partial charge in [-0.25, -0.2) is 4.79 Å². The molecule has 6 rings (SSSR count). The van der Waals surface area contributed by atoms with Crippen molar-refractivity contribution in [2.45, 2.75) is 74.6 Å². The summed E-state index contributed by atoms with van der Waals surface area (Å²) in [5, 5.41) is 11.2. The van der Waals surface area contributed by atoms with E-state index in [2.05, 4.69) is 0 Å². The Kier molecular flexibility index (Phi) is 7.24. The summed E-state index contributed by atoms with van der Waals surface area (Å²) in [5.41, 5.74) is 1.82. The molecule has 10 heteroatoms. The molecule has 0 aliphatic carbocycles. The second-order valence-corrected chi connectivity index (χ2v) is 9.50. The fourth-order valence-corrected chi connectivity index (χ4v) is 5.08. The molecule has 0 spiro atoms. The van der Waals surface area contributed by atoms with Crippen LogP contribution in [0.25, 0.3) is 0 Å². The van der Waals surface area contributed by atoms with E-state index in [4.69, 9.17) is 37.9 Å². The molecular weight excluding hydrogens is 484 g/mol. The van der Waals surface area contributed by atoms with Crippen molar-refractivity contribution in [1.29, 1.82) is 0 Å². The molecule has 37 heavy (non-hydrogen) atoms. The largest absolute Gasteiger partial charge is 0.467 e. The molecule has 198 valence electrons. The number of hydrogen-bond donors (Lipinski definition) is 1. The predicted octanol–water partition coefficient (Wildman–Crippen LogP) is 1.32. The van der Waals surface area contributed by atoms with Crippen LogP contribution in [0.5, 0.6) is 0 Å². The molecule has 4 saturated heterocycles. The first-order valence-corrected chi connectivity index (χ1v) is 12.4. The Morgan fingerprint density at radius 2 is 1.51 bits per heavy atom. The van der Waals surface area contributed by atoms with Gasteiger partial charge in [-0.2, -0.15) is 0 Å². The Bertz CT molecular complexity index is 1050. The number of carbonyl (C=O) groups is 1. The van der Waals surface area contributed by atoms with Crippen molar-refractivity contribution >= 4 is 5.97 Å². The number of fused-ring (bicyclic) bond motifs is 4. The number of methoxy groups -OCH3 is 1. The van der Waals surface area contributed by atoms with E-state index in [9.17, 15) is 9.90 Å². The van der Waals surface area contributed by atoms with E-state index >= 15 is 0 Å². The number of benzene rings is 2. The van der Waals surface area contributed by atoms with Gasteiger partial charge in [-0.1, -0.05) is 60.7 Å². The molecule has 0 saturated carbocycles. The molecule has 4 fully saturated rings. The van der Waals surface area contributed by atoms with E-state index in [1.54, 1.807) is 0 Å². The second-order valence-electron chi connectivity index (χ2n) is 9.50. The predicted molar refractivity (Wildman–Crippen MR) is 125 cm³/mol. The zero-order chi connectivity index (χ0) is 25.4. The summed E-state index contributed by atoms with van der Waals surface area (Å²) in [5.74, 6) is -0.736. The van der Waals surface area contributed by atoms with Gasteiger partial charge in [0.25, 0.3) is 0 Å². The Labute approximate surface area is 214 Å². The standard InChI is InChI=1S/C27H30O10/c1-30-25(29)21-18(28)20(31-12-15-8-4-2-5-9-15)23(32-13-16-10-6-3-7-11-16)27(37-21)36-19-17-14-33-26(34-17)24-22(19)35-24/h2-11,17-24,26-28H,12-14H2,1H3/t17-,18+,19-,20+,21+,22+,23-,24+,26-,27-/m1/s1. The smallest absolute Gasteiger partial charge is 0.337 e. The van der Waals surface area contributed by atoms with Gasteiger partial charge >= 0.3 is 5.97 Å². The zero-order valence-electron chi connectivity index (χ0n) is 20.3. The fraction of sp³-hybridized carbons (Fsp3) is 0.519. The SMILES string of the molecule is COC(=O)[C@H]1O[C@@H](O[C@H]2[C@@H]3O[C@@H]3[C@@H]3OC[C@H]2O3)[C@H](OCc2ccccc2)[C@@H](OCc2ccccc2)[C@@H]1O. The molecule has 0 amide bonds. The van der Waals surface area contributed by atoms with Gasteiger partial charge in [0.05, 0.1) is 26.9 Å². The number of epoxide rings is 1. The molecule has 10 atom stereocenters. The summed E-state index contributed by atoms with van der Waals surface area (Å²) < 4.78 is 47.1. The van der Waals surface area contributed by atoms with E-state index < -0.39 is 42.8 Å². The number of aliphatic hydroxyl groups is 1. The Morgan fingerprint density at radius 3 is 2.16 bits per heavy atom. The van der Waals surface area contributed by atoms with Gasteiger partial charge in [0.2, 0.25) is 0 Å². The number of ether oxygens (including phenoxy) is 8. The summed E-state index contributed by atoms with van der Waals surface area (Å²) in [7, 11) is 1.24. The van der Waals surface area contributed by atoms with E-state index in [0.717, 1.165) is 11.1 Å². The summed E-state index contributed by atoms with van der Waals surface area (Å²) in [6.07, 6.45) is -7.26. The monoisotopic (exact) mass is 514 g/mol. The first-order chi connectivity index (χ1) is 18.1. The number of esters is 1. The highest BCUT2D eigenvalue weighted by molar-refractivity contribution is 5.75. The van der Waals surface area contributed by atoms with Crippen molar-refractivity contribution in [3.05, 3.63) is 71.8 Å². The highest BCUT2D eigenvalue weighted by Gasteiger charge is 2.63. The first kappa shape index (κ1) is 24.9. The van der Waals surface area contributed by atoms with Gasteiger partial charge in [-0.3, -0.25) is 0 Å². The fourth-order valence-electron chi connectivity index (χ4n) is 5.08. The maximum atomic E-state index is 12.6. The molecule has 1 N–H and O–H groups in total. The van der Waals surface area contributed by atoms with Crippen LogP contribution < -0.4 is 0 Å². The minimum absolute atomic E-state index is 0.187. The third-order valence-electron chi connectivity index (χ3n) is 7.07. The van der Waals surface area contributed by atoms with Crippen LogP contribution in [0.15, 0.2) is 60.7 Å². The first-order valence-electron chi connectivity index (χ1n) is 12.4. The van der Waals surface area contributed by atoms with E-state index in [1.807, 2.05) is 60.7 Å². The van der Waals surface area contributed by atoms with Crippen molar-refractivity contribution in [2.75, 3.05) is 13.7 Å². The Morgan fingerprint density at radius 1 is 0.865 bits per heavy atom. The third kappa shape index (κ3) is 5.16. The molecule has 2 bridgehead atoms. The van der Waals surface area contributed by atoms with Crippen LogP contribution in [0, 0.1) is 0 Å². The molecule has 10 nitrogen and oxygen atoms in total. The molecule has 4 heterocycles. The normalized spacial score (nSPS) is 38.1. The average Bonchev–Trinajstić information content (AvgIpc) is 3.63. The maximum Gasteiger partial charge on any atom is 0.337 e. The molecule has 2 aromatic rings. The Hall–Kier alpha value is -2.41. The van der Waals surface area contributed by atoms with Crippen molar-refractivity contribution in [2.24, 2.45) is 0 Å². The highest BCUT2D eigenvalue weighted by atomic mass is 16.8. The van der Waals surface area contributed by atoms with Crippen LogP contribution in [0.4, 0.5) is 0 Å². The lowest BCUT2D eigenvalue weighted by Crippen LogP contribution is -2.63. The number of hydrogen-bond acceptors (Lipinski definition) is 10. The summed E-state index contributed by atoms with van der Waals surface area (Å²) in [4.78, 5) is 12.6. The molecule has 4 aliphatic rings. The summed E-state index contributed by atoms with van der Waals surface area (Å²) in [6.45, 7) is 0.770. The Balaban J connectivity index is 1.26. The van der Waals surface area contributed by atoms with Crippen molar-refractivity contribution in [1.82, 2.24) is 0 Å². The highest BCUT2D eigenvalue weighted by Crippen LogP contribution is 2.44. The van der Waals surface area contributed by atoms with Crippen LogP contribution in [-0.4, -0.2) is 86.2 Å². The van der Waals surface area contributed by atoms with Gasteiger partial charge in [0.15, 0.2) is 18.7 Å². The van der Waals surface area contributed by atoms with Gasteiger partial charge < -0.3 is 43.0 Å². The zero-order valence-corrected chi connectivity index (χ0v) is 20.3. The molecule has 0 radical (unpaired) electrons. The van der Waals surface area contributed by atoms with E-state index in [-0.39, 0.29) is 37.8 Å². The van der Waals surface area contributed by atoms with Crippen molar-refractivity contribution in [3.63, 3.8) is 0 Å². The van der Waals surface area contributed by atoms with Crippen LogP contribution in [0.1, 0.15) is 11.1 Å². The lowest BCUT2D eigenvalue weighted by molar-refractivity contribution is -0.329. The van der Waals surface area contributed by atoms with E-state index in [1.165, 1.54) is 7.11 Å². The summed E-state index contributed by atoms with van der Waals surface area (Å²) in [6, 6.07) is 19.1. The van der Waals surface area contributed by atoms with Crippen molar-refractivity contribution in [3.8, 4) is 0 Å². The molecular formula is C27H30O10. The van der Waals surface area contributed by atoms with Crippen LogP contribution >= 0.6 is 0 Å². The quantitative estimate of drug-likeness (QED) is 0.388. The third-order valence-corrected chi connectivity index (χ3v) is 7.07. The summed E-state index contributed by atoms with van der Waals surface area (Å²) >= 11 is 0.